The van der Waals surface area contributed by atoms with Crippen LogP contribution in [0.3, 0.4) is 0 Å². The third kappa shape index (κ3) is 6.69. The first-order chi connectivity index (χ1) is 17.9. The Morgan fingerprint density at radius 2 is 1.84 bits per heavy atom. The highest BCUT2D eigenvalue weighted by Crippen LogP contribution is 2.30. The van der Waals surface area contributed by atoms with E-state index in [0.29, 0.717) is 37.2 Å². The first-order valence-electron chi connectivity index (χ1n) is 12.5. The molecule has 1 saturated heterocycles. The number of nitrogens with one attached hydrogen (secondary N) is 2. The van der Waals surface area contributed by atoms with Crippen LogP contribution in [-0.4, -0.2) is 56.8 Å². The summed E-state index contributed by atoms with van der Waals surface area (Å²) in [7, 11) is 0. The number of carbonyl (C=O) groups excluding carboxylic acids is 3. The Balaban J connectivity index is 1.37. The number of piperidine rings is 1. The number of anilines is 1. The van der Waals surface area contributed by atoms with Gasteiger partial charge in [0, 0.05) is 54.9 Å². The molecule has 1 aromatic carbocycles. The van der Waals surface area contributed by atoms with Crippen molar-refractivity contribution < 1.29 is 14.4 Å². The van der Waals surface area contributed by atoms with Gasteiger partial charge in [0.05, 0.1) is 24.1 Å². The van der Waals surface area contributed by atoms with Crippen molar-refractivity contribution >= 4 is 23.4 Å². The number of nitrogens with zero attached hydrogens (tertiary/aromatic N) is 4. The average molecular weight is 501 g/mol. The van der Waals surface area contributed by atoms with E-state index in [-0.39, 0.29) is 36.6 Å². The summed E-state index contributed by atoms with van der Waals surface area (Å²) in [5.41, 5.74) is 3.80. The first kappa shape index (κ1) is 25.8. The molecule has 4 rings (SSSR count). The maximum absolute atomic E-state index is 13.2. The van der Waals surface area contributed by atoms with Crippen LogP contribution in [0.1, 0.15) is 53.8 Å². The number of amides is 3. The Bertz CT molecular complexity index is 1260. The number of rotatable bonds is 8. The van der Waals surface area contributed by atoms with Crippen molar-refractivity contribution in [1.29, 1.82) is 0 Å². The lowest BCUT2D eigenvalue weighted by Gasteiger charge is -2.32. The number of allylic oxidation sites excluding steroid dienone is 1. The molecule has 3 aromatic rings. The molecule has 9 nitrogen and oxygen atoms in total. The number of carbonyl (C=O) groups is 3. The van der Waals surface area contributed by atoms with E-state index in [9.17, 15) is 14.4 Å². The number of aromatic nitrogens is 3. The molecule has 0 unspecified atom stereocenters. The number of pyridine rings is 1. The van der Waals surface area contributed by atoms with Crippen molar-refractivity contribution in [1.82, 2.24) is 24.8 Å². The number of hydrogen-bond donors (Lipinski definition) is 2. The van der Waals surface area contributed by atoms with Gasteiger partial charge in [-0.15, -0.1) is 0 Å². The zero-order valence-corrected chi connectivity index (χ0v) is 21.2. The molecule has 0 spiro atoms. The van der Waals surface area contributed by atoms with E-state index in [4.69, 9.17) is 4.98 Å². The average Bonchev–Trinajstić information content (AvgIpc) is 3.46. The molecular formula is C28H32N6O3. The van der Waals surface area contributed by atoms with Crippen LogP contribution in [-0.2, 0) is 9.59 Å². The molecule has 0 atom stereocenters. The second-order valence-electron chi connectivity index (χ2n) is 9.06. The van der Waals surface area contributed by atoms with E-state index in [1.165, 1.54) is 0 Å². The third-order valence-electron chi connectivity index (χ3n) is 6.45. The largest absolute Gasteiger partial charge is 0.347 e. The van der Waals surface area contributed by atoms with Gasteiger partial charge in [-0.1, -0.05) is 12.2 Å². The minimum Gasteiger partial charge on any atom is -0.347 e. The Hall–Kier alpha value is -4.27. The van der Waals surface area contributed by atoms with Gasteiger partial charge in [0.15, 0.2) is 0 Å². The van der Waals surface area contributed by atoms with Gasteiger partial charge in [0.25, 0.3) is 5.91 Å². The Morgan fingerprint density at radius 3 is 2.51 bits per heavy atom. The topological polar surface area (TPSA) is 109 Å². The maximum atomic E-state index is 13.2. The predicted molar refractivity (Wildman–Crippen MR) is 141 cm³/mol. The lowest BCUT2D eigenvalue weighted by atomic mass is 9.89. The lowest BCUT2D eigenvalue weighted by Crippen LogP contribution is -2.44. The van der Waals surface area contributed by atoms with Gasteiger partial charge in [-0.2, -0.15) is 0 Å². The molecule has 9 heteroatoms. The van der Waals surface area contributed by atoms with Gasteiger partial charge in [-0.3, -0.25) is 19.4 Å². The van der Waals surface area contributed by atoms with Crippen LogP contribution in [0, 0.1) is 6.92 Å². The quantitative estimate of drug-likeness (QED) is 0.459. The monoisotopic (exact) mass is 500 g/mol. The SMILES string of the molecule is C/C=C/CC(=O)NCC(=O)N1CCC(c2nc(C)ccc2C(=O)Nc2ccc(-n3ccnc3)cc2)CC1. The highest BCUT2D eigenvalue weighted by Gasteiger charge is 2.28. The van der Waals surface area contributed by atoms with Crippen molar-refractivity contribution in [2.45, 2.75) is 39.0 Å². The molecule has 2 aromatic heterocycles. The highest BCUT2D eigenvalue weighted by molar-refractivity contribution is 6.05. The van der Waals surface area contributed by atoms with Crippen molar-refractivity contribution in [2.24, 2.45) is 0 Å². The molecule has 3 amide bonds. The Morgan fingerprint density at radius 1 is 1.08 bits per heavy atom. The van der Waals surface area contributed by atoms with E-state index in [0.717, 1.165) is 17.1 Å². The normalized spacial score (nSPS) is 14.1. The summed E-state index contributed by atoms with van der Waals surface area (Å²) in [5, 5.41) is 5.66. The maximum Gasteiger partial charge on any atom is 0.257 e. The molecule has 1 aliphatic heterocycles. The van der Waals surface area contributed by atoms with E-state index in [1.54, 1.807) is 29.6 Å². The minimum atomic E-state index is -0.208. The van der Waals surface area contributed by atoms with Crippen LogP contribution in [0.4, 0.5) is 5.69 Å². The fourth-order valence-corrected chi connectivity index (χ4v) is 4.39. The number of benzene rings is 1. The molecular weight excluding hydrogens is 468 g/mol. The molecule has 2 N–H and O–H groups in total. The molecule has 0 radical (unpaired) electrons. The van der Waals surface area contributed by atoms with Gasteiger partial charge in [0.1, 0.15) is 0 Å². The van der Waals surface area contributed by atoms with Gasteiger partial charge in [-0.05, 0) is 63.1 Å². The molecule has 3 heterocycles. The van der Waals surface area contributed by atoms with Gasteiger partial charge >= 0.3 is 0 Å². The number of imidazole rings is 1. The minimum absolute atomic E-state index is 0.00293. The highest BCUT2D eigenvalue weighted by atomic mass is 16.2. The predicted octanol–water partition coefficient (Wildman–Crippen LogP) is 3.62. The van der Waals surface area contributed by atoms with Crippen molar-refractivity contribution in [2.75, 3.05) is 25.0 Å². The zero-order valence-electron chi connectivity index (χ0n) is 21.2. The Kier molecular flexibility index (Phi) is 8.45. The smallest absolute Gasteiger partial charge is 0.257 e. The van der Waals surface area contributed by atoms with Crippen LogP contribution < -0.4 is 10.6 Å². The third-order valence-corrected chi connectivity index (χ3v) is 6.45. The molecule has 0 aliphatic carbocycles. The second kappa shape index (κ2) is 12.1. The van der Waals surface area contributed by atoms with Crippen LogP contribution in [0.15, 0.2) is 67.3 Å². The van der Waals surface area contributed by atoms with E-state index < -0.39 is 0 Å². The summed E-state index contributed by atoms with van der Waals surface area (Å²) < 4.78 is 1.89. The lowest BCUT2D eigenvalue weighted by molar-refractivity contribution is -0.133. The fourth-order valence-electron chi connectivity index (χ4n) is 4.39. The van der Waals surface area contributed by atoms with Gasteiger partial charge in [-0.25, -0.2) is 4.98 Å². The van der Waals surface area contributed by atoms with E-state index >= 15 is 0 Å². The van der Waals surface area contributed by atoms with Crippen molar-refractivity contribution in [3.8, 4) is 5.69 Å². The molecule has 192 valence electrons. The van der Waals surface area contributed by atoms with Crippen LogP contribution >= 0.6 is 0 Å². The molecule has 0 saturated carbocycles. The van der Waals surface area contributed by atoms with Gasteiger partial charge < -0.3 is 20.1 Å². The summed E-state index contributed by atoms with van der Waals surface area (Å²) in [6.45, 7) is 4.87. The first-order valence-corrected chi connectivity index (χ1v) is 12.5. The summed E-state index contributed by atoms with van der Waals surface area (Å²) in [5.74, 6) is -0.406. The second-order valence-corrected chi connectivity index (χ2v) is 9.06. The summed E-state index contributed by atoms with van der Waals surface area (Å²) >= 11 is 0. The van der Waals surface area contributed by atoms with Crippen LogP contribution in [0.2, 0.25) is 0 Å². The molecule has 0 bridgehead atoms. The van der Waals surface area contributed by atoms with E-state index in [2.05, 4.69) is 15.6 Å². The van der Waals surface area contributed by atoms with E-state index in [1.807, 2.05) is 61.0 Å². The van der Waals surface area contributed by atoms with Crippen molar-refractivity contribution in [3.63, 3.8) is 0 Å². The molecule has 1 fully saturated rings. The molecule has 1 aliphatic rings. The zero-order chi connectivity index (χ0) is 26.2. The standard InChI is InChI=1S/C28H32N6O3/c1-3-4-5-25(35)30-18-26(36)33-15-12-21(13-16-33)27-24(11-6-20(2)31-27)28(37)32-22-7-9-23(10-8-22)34-17-14-29-19-34/h3-4,6-11,14,17,19,21H,5,12-13,15-16,18H2,1-2H3,(H,30,35)(H,32,37)/b4-3+. The summed E-state index contributed by atoms with van der Waals surface area (Å²) in [4.78, 5) is 48.1. The summed E-state index contributed by atoms with van der Waals surface area (Å²) in [6.07, 6.45) is 10.5. The van der Waals surface area contributed by atoms with Gasteiger partial charge in [0.2, 0.25) is 11.8 Å². The van der Waals surface area contributed by atoms with Crippen LogP contribution in [0.25, 0.3) is 5.69 Å². The number of likely N-dealkylation sites (tertiary alicyclic amines) is 1. The van der Waals surface area contributed by atoms with Crippen molar-refractivity contribution in [3.05, 3.63) is 84.2 Å². The summed E-state index contributed by atoms with van der Waals surface area (Å²) in [6, 6.07) is 11.2. The van der Waals surface area contributed by atoms with Crippen LogP contribution in [0.5, 0.6) is 0 Å². The fraction of sp³-hybridized carbons (Fsp3) is 0.321. The number of hydrogen-bond acceptors (Lipinski definition) is 5. The number of aryl methyl sites for hydroxylation is 1. The Labute approximate surface area is 216 Å². The molecule has 37 heavy (non-hydrogen) atoms.